The molecule has 5 nitrogen and oxygen atoms in total. The average Bonchev–Trinajstić information content (AvgIpc) is 1.85. The molecular formula is C3H6N4O. The summed E-state index contributed by atoms with van der Waals surface area (Å²) >= 11 is 0. The third-order valence-corrected chi connectivity index (χ3v) is 0.771. The van der Waals surface area contributed by atoms with E-state index >= 15 is 0 Å². The van der Waals surface area contributed by atoms with Crippen LogP contribution in [0.3, 0.4) is 0 Å². The lowest BCUT2D eigenvalue weighted by molar-refractivity contribution is 0.818. The Kier molecular flexibility index (Phi) is 0.768. The second kappa shape index (κ2) is 1.29. The first-order valence-electron chi connectivity index (χ1n) is 2.02. The largest absolute Gasteiger partial charge is 0.393 e. The van der Waals surface area contributed by atoms with Gasteiger partial charge in [0, 0.05) is 0 Å². The first-order valence-corrected chi connectivity index (χ1v) is 2.02. The zero-order chi connectivity index (χ0) is 6.15. The molecule has 0 saturated heterocycles. The van der Waals surface area contributed by atoms with E-state index < -0.39 is 0 Å². The zero-order valence-corrected chi connectivity index (χ0v) is 4.09. The summed E-state index contributed by atoms with van der Waals surface area (Å²) in [5, 5.41) is 2.22. The summed E-state index contributed by atoms with van der Waals surface area (Å²) < 4.78 is 0. The van der Waals surface area contributed by atoms with Gasteiger partial charge in [0.1, 0.15) is 5.69 Å². The molecule has 0 aliphatic carbocycles. The van der Waals surface area contributed by atoms with Crippen molar-refractivity contribution in [1.82, 2.24) is 9.89 Å². The molecule has 5 N–H and O–H groups in total. The third kappa shape index (κ3) is 0.534. The molecule has 0 bridgehead atoms. The molecule has 0 atom stereocenters. The Bertz CT molecular complexity index is 234. The number of nitrogens with zero attached hydrogens (tertiary/aromatic N) is 1. The Hall–Kier alpha value is -1.39. The van der Waals surface area contributed by atoms with Gasteiger partial charge in [0.25, 0.3) is 5.56 Å². The van der Waals surface area contributed by atoms with Gasteiger partial charge in [-0.05, 0) is 0 Å². The van der Waals surface area contributed by atoms with E-state index in [0.29, 0.717) is 0 Å². The number of hydrogen-bond donors (Lipinski definition) is 3. The number of hydrogen-bond acceptors (Lipinski definition) is 3. The van der Waals surface area contributed by atoms with E-state index in [1.54, 1.807) is 0 Å². The van der Waals surface area contributed by atoms with Gasteiger partial charge in [-0.15, -0.1) is 0 Å². The zero-order valence-electron chi connectivity index (χ0n) is 4.09. The van der Waals surface area contributed by atoms with Crippen LogP contribution in [0, 0.1) is 0 Å². The number of aromatic nitrogens is 2. The maximum atomic E-state index is 10.4. The molecule has 1 aromatic heterocycles. The van der Waals surface area contributed by atoms with Gasteiger partial charge in [-0.2, -0.15) is 0 Å². The lowest BCUT2D eigenvalue weighted by Crippen LogP contribution is -2.12. The minimum Gasteiger partial charge on any atom is -0.393 e. The van der Waals surface area contributed by atoms with Crippen molar-refractivity contribution in [3.63, 3.8) is 0 Å². The number of rotatable bonds is 0. The predicted molar refractivity (Wildman–Crippen MR) is 29.6 cm³/mol. The Balaban J connectivity index is 3.35. The molecule has 0 amide bonds. The minimum absolute atomic E-state index is 0.132. The molecule has 44 valence electrons. The van der Waals surface area contributed by atoms with Crippen molar-refractivity contribution < 1.29 is 0 Å². The molecule has 1 rings (SSSR count). The van der Waals surface area contributed by atoms with E-state index in [1.165, 1.54) is 6.20 Å². The lowest BCUT2D eigenvalue weighted by atomic mass is 10.6. The number of aromatic amines is 1. The van der Waals surface area contributed by atoms with Crippen molar-refractivity contribution >= 4 is 5.69 Å². The standard InChI is InChI=1S/C3H6N4O/c4-2-1-7(5)6-3(2)8/h1H,4-5H2,(H,6,8). The quantitative estimate of drug-likeness (QED) is 0.357. The van der Waals surface area contributed by atoms with E-state index in [9.17, 15) is 4.79 Å². The van der Waals surface area contributed by atoms with E-state index in [-0.39, 0.29) is 11.2 Å². The Morgan fingerprint density at radius 1 is 1.75 bits per heavy atom. The summed E-state index contributed by atoms with van der Waals surface area (Å²) in [4.78, 5) is 11.4. The number of H-pyrrole nitrogens is 1. The highest BCUT2D eigenvalue weighted by atomic mass is 16.1. The molecule has 1 heterocycles. The lowest BCUT2D eigenvalue weighted by Gasteiger charge is -1.81. The molecule has 0 fully saturated rings. The minimum atomic E-state index is -0.354. The van der Waals surface area contributed by atoms with Crippen molar-refractivity contribution in [2.24, 2.45) is 0 Å². The van der Waals surface area contributed by atoms with Crippen molar-refractivity contribution in [3.8, 4) is 0 Å². The maximum Gasteiger partial charge on any atom is 0.288 e. The summed E-state index contributed by atoms with van der Waals surface area (Å²) in [6.45, 7) is 0. The Labute approximate surface area is 44.9 Å². The molecule has 0 radical (unpaired) electrons. The molecule has 0 aliphatic heterocycles. The molecule has 0 unspecified atom stereocenters. The topological polar surface area (TPSA) is 89.8 Å². The van der Waals surface area contributed by atoms with Gasteiger partial charge in [0.2, 0.25) is 0 Å². The summed E-state index contributed by atoms with van der Waals surface area (Å²) in [5.41, 5.74) is 4.87. The molecule has 0 aliphatic rings. The van der Waals surface area contributed by atoms with Crippen molar-refractivity contribution in [2.75, 3.05) is 11.6 Å². The fourth-order valence-corrected chi connectivity index (χ4v) is 0.423. The van der Waals surface area contributed by atoms with Crippen LogP contribution < -0.4 is 17.1 Å². The van der Waals surface area contributed by atoms with Crippen LogP contribution in [0.15, 0.2) is 11.0 Å². The van der Waals surface area contributed by atoms with Gasteiger partial charge >= 0.3 is 0 Å². The van der Waals surface area contributed by atoms with Crippen LogP contribution in [-0.4, -0.2) is 9.89 Å². The van der Waals surface area contributed by atoms with Crippen molar-refractivity contribution in [3.05, 3.63) is 16.6 Å². The highest BCUT2D eigenvalue weighted by Crippen LogP contribution is 1.82. The maximum absolute atomic E-state index is 10.4. The van der Waals surface area contributed by atoms with Gasteiger partial charge < -0.3 is 11.6 Å². The second-order valence-corrected chi connectivity index (χ2v) is 1.43. The first-order chi connectivity index (χ1) is 3.70. The fraction of sp³-hybridized carbons (Fsp3) is 0. The van der Waals surface area contributed by atoms with Crippen LogP contribution in [0.5, 0.6) is 0 Å². The van der Waals surface area contributed by atoms with Gasteiger partial charge in [0.05, 0.1) is 6.20 Å². The van der Waals surface area contributed by atoms with Gasteiger partial charge in [-0.25, -0.2) is 9.89 Å². The molecular weight excluding hydrogens is 108 g/mol. The van der Waals surface area contributed by atoms with E-state index in [0.717, 1.165) is 4.79 Å². The van der Waals surface area contributed by atoms with E-state index in [4.69, 9.17) is 11.6 Å². The number of anilines is 1. The van der Waals surface area contributed by atoms with Crippen LogP contribution >= 0.6 is 0 Å². The smallest absolute Gasteiger partial charge is 0.288 e. The molecule has 0 saturated carbocycles. The van der Waals surface area contributed by atoms with Crippen LogP contribution in [0.25, 0.3) is 0 Å². The van der Waals surface area contributed by atoms with Crippen LogP contribution in [-0.2, 0) is 0 Å². The normalized spacial score (nSPS) is 9.50. The van der Waals surface area contributed by atoms with Gasteiger partial charge in [-0.1, -0.05) is 0 Å². The SMILES string of the molecule is Nc1cn(N)[nH]c1=O. The summed E-state index contributed by atoms with van der Waals surface area (Å²) in [5.74, 6) is 5.06. The number of nitrogens with two attached hydrogens (primary N) is 2. The van der Waals surface area contributed by atoms with Gasteiger partial charge in [-0.3, -0.25) is 4.79 Å². The molecule has 1 aromatic rings. The predicted octanol–water partition coefficient (Wildman–Crippen LogP) is -1.53. The van der Waals surface area contributed by atoms with E-state index in [2.05, 4.69) is 5.10 Å². The summed E-state index contributed by atoms with van der Waals surface area (Å²) in [6.07, 6.45) is 1.31. The van der Waals surface area contributed by atoms with Gasteiger partial charge in [0.15, 0.2) is 0 Å². The van der Waals surface area contributed by atoms with Crippen LogP contribution in [0.4, 0.5) is 5.69 Å². The van der Waals surface area contributed by atoms with Crippen molar-refractivity contribution in [1.29, 1.82) is 0 Å². The highest BCUT2D eigenvalue weighted by Gasteiger charge is 1.92. The first kappa shape index (κ1) is 4.76. The van der Waals surface area contributed by atoms with E-state index in [1.807, 2.05) is 0 Å². The highest BCUT2D eigenvalue weighted by molar-refractivity contribution is 5.30. The Morgan fingerprint density at radius 2 is 2.38 bits per heavy atom. The number of nitrogens with one attached hydrogen (secondary N) is 1. The average molecular weight is 114 g/mol. The summed E-state index contributed by atoms with van der Waals surface area (Å²) in [6, 6.07) is 0. The van der Waals surface area contributed by atoms with Crippen LogP contribution in [0.2, 0.25) is 0 Å². The third-order valence-electron chi connectivity index (χ3n) is 0.771. The molecule has 5 heteroatoms. The molecule has 8 heavy (non-hydrogen) atoms. The monoisotopic (exact) mass is 114 g/mol. The molecule has 0 aromatic carbocycles. The molecule has 0 spiro atoms. The second-order valence-electron chi connectivity index (χ2n) is 1.43. The fourth-order valence-electron chi connectivity index (χ4n) is 0.423. The summed E-state index contributed by atoms with van der Waals surface area (Å²) in [7, 11) is 0. The van der Waals surface area contributed by atoms with Crippen molar-refractivity contribution in [2.45, 2.75) is 0 Å². The number of nitrogen functional groups attached to an aromatic ring is 2. The Morgan fingerprint density at radius 3 is 2.50 bits per heavy atom. The van der Waals surface area contributed by atoms with Crippen LogP contribution in [0.1, 0.15) is 0 Å².